The molecule has 0 spiro atoms. The van der Waals surface area contributed by atoms with Gasteiger partial charge in [0.25, 0.3) is 0 Å². The van der Waals surface area contributed by atoms with Crippen LogP contribution in [-0.4, -0.2) is 37.8 Å². The summed E-state index contributed by atoms with van der Waals surface area (Å²) < 4.78 is 185. The molecule has 4 aromatic carbocycles. The Bertz CT molecular complexity index is 3400. The topological polar surface area (TPSA) is 86.7 Å². The Hall–Kier alpha value is -4.98. The fraction of sp³-hybridized carbons (Fsp3) is 0. The van der Waals surface area contributed by atoms with Crippen LogP contribution in [0.3, 0.4) is 0 Å². The third-order valence-corrected chi connectivity index (χ3v) is 18.6. The van der Waals surface area contributed by atoms with Gasteiger partial charge in [-0.3, -0.25) is 0 Å². The van der Waals surface area contributed by atoms with Crippen LogP contribution in [0.1, 0.15) is 5.56 Å². The van der Waals surface area contributed by atoms with Gasteiger partial charge in [-0.1, -0.05) is 0 Å². The van der Waals surface area contributed by atoms with E-state index in [-0.39, 0.29) is 52.1 Å². The number of halogens is 16. The maximum atomic E-state index is 16.2. The summed E-state index contributed by atoms with van der Waals surface area (Å²) in [5.41, 5.74) is -4.12. The summed E-state index contributed by atoms with van der Waals surface area (Å²) in [5, 5.41) is 0. The van der Waals surface area contributed by atoms with Crippen LogP contribution in [0.15, 0.2) is 78.2 Å². The van der Waals surface area contributed by atoms with Crippen molar-refractivity contribution in [2.75, 3.05) is 0 Å². The maximum absolute atomic E-state index is 16.2. The number of imidazole rings is 2. The summed E-state index contributed by atoms with van der Waals surface area (Å²) in [7, 11) is 0. The summed E-state index contributed by atoms with van der Waals surface area (Å²) >= 11 is -0.906. The second-order valence-corrected chi connectivity index (χ2v) is 21.7. The quantitative estimate of drug-likeness (QED) is 0.0544. The van der Waals surface area contributed by atoms with Gasteiger partial charge in [0.1, 0.15) is 0 Å². The Labute approximate surface area is 408 Å². The van der Waals surface area contributed by atoms with Crippen LogP contribution in [0.2, 0.25) is 0 Å². The van der Waals surface area contributed by atoms with Crippen LogP contribution in [-0.2, 0) is 0 Å². The van der Waals surface area contributed by atoms with Gasteiger partial charge in [0, 0.05) is 0 Å². The molecular formula is C42H12F12I4N8. The molecule has 1 aliphatic rings. The van der Waals surface area contributed by atoms with Gasteiger partial charge in [-0.15, -0.1) is 0 Å². The number of aromatic nitrogens is 7. The molecule has 0 unspecified atom stereocenters. The minimum absolute atomic E-state index is 0.0187. The molecule has 0 amide bonds. The monoisotopic (exact) mass is 1360 g/mol. The third-order valence-electron chi connectivity index (χ3n) is 10.0. The summed E-state index contributed by atoms with van der Waals surface area (Å²) in [4.78, 5) is 26.3. The zero-order chi connectivity index (χ0) is 46.8. The van der Waals surface area contributed by atoms with Crippen LogP contribution in [0.4, 0.5) is 58.4 Å². The van der Waals surface area contributed by atoms with Gasteiger partial charge in [-0.05, 0) is 0 Å². The number of pyridine rings is 3. The Morgan fingerprint density at radius 1 is 0.439 bits per heavy atom. The number of fused-ring (bicyclic) bond motifs is 3. The van der Waals surface area contributed by atoms with E-state index >= 15 is 48.3 Å². The molecule has 0 fully saturated rings. The average Bonchev–Trinajstić information content (AvgIpc) is 4.03. The summed E-state index contributed by atoms with van der Waals surface area (Å²) in [6, 6.07) is 11.9. The molecule has 5 aromatic heterocycles. The van der Waals surface area contributed by atoms with Gasteiger partial charge in [-0.25, -0.2) is 0 Å². The van der Waals surface area contributed by atoms with Crippen molar-refractivity contribution in [1.29, 1.82) is 0 Å². The molecule has 9 aromatic rings. The molecule has 0 radical (unpaired) electrons. The van der Waals surface area contributed by atoms with Gasteiger partial charge in [0.15, 0.2) is 0 Å². The second kappa shape index (κ2) is 16.7. The third kappa shape index (κ3) is 6.71. The molecule has 10 rings (SSSR count). The van der Waals surface area contributed by atoms with E-state index in [9.17, 15) is 4.39 Å². The summed E-state index contributed by atoms with van der Waals surface area (Å²) in [6.45, 7) is 0. The van der Waals surface area contributed by atoms with Crippen molar-refractivity contribution in [3.8, 4) is 34.2 Å². The predicted molar refractivity (Wildman–Crippen MR) is 248 cm³/mol. The van der Waals surface area contributed by atoms with Gasteiger partial charge >= 0.3 is 412 Å². The van der Waals surface area contributed by atoms with E-state index < -0.39 is 127 Å². The van der Waals surface area contributed by atoms with E-state index in [0.717, 1.165) is 67.8 Å². The fourth-order valence-corrected chi connectivity index (χ4v) is 14.2. The second-order valence-electron chi connectivity index (χ2n) is 13.8. The molecule has 24 heteroatoms. The van der Waals surface area contributed by atoms with Crippen LogP contribution >= 0.6 is 87.6 Å². The molecule has 0 saturated carbocycles. The Morgan fingerprint density at radius 2 is 0.848 bits per heavy atom. The summed E-state index contributed by atoms with van der Waals surface area (Å²) in [5.74, 6) is -22.8. The molecule has 0 aliphatic carbocycles. The van der Waals surface area contributed by atoms with Crippen molar-refractivity contribution < 1.29 is 52.7 Å². The van der Waals surface area contributed by atoms with Crippen molar-refractivity contribution in [3.63, 3.8) is 0 Å². The molecule has 0 bridgehead atoms. The normalized spacial score (nSPS) is 13.1. The zero-order valence-electron chi connectivity index (χ0n) is 31.6. The van der Waals surface area contributed by atoms with E-state index in [0.29, 0.717) is 9.13 Å². The summed E-state index contributed by atoms with van der Waals surface area (Å²) in [6.07, 6.45) is 3.62. The van der Waals surface area contributed by atoms with E-state index in [4.69, 9.17) is 0 Å². The molecule has 6 heterocycles. The van der Waals surface area contributed by atoms with Crippen LogP contribution in [0.5, 0.6) is 0 Å². The molecule has 0 saturated heterocycles. The van der Waals surface area contributed by atoms with E-state index in [2.05, 4.69) is 29.9 Å². The standard InChI is InChI=1S/C42H12F12I4N8/c43-19-20(44)33(57)30(54)36(27(19)51)66-40(64-18-6-3-9-61-42(18)66)15-11-13(37-58(38-16(62-37)4-1-7-59-38)34-25(49)21(45)31(55)22(46)26(34)50)10-14(12-15)39-63-17-5-2-8-60-41(17)65(39)35-28(52)23(47)32(56)24(48)29(35)53/h1-12H. The van der Waals surface area contributed by atoms with Gasteiger partial charge in [-0.2, -0.15) is 0 Å². The number of rotatable bonds is 6. The van der Waals surface area contributed by atoms with E-state index in [1.807, 2.05) is 0 Å². The number of hydrogen-bond acceptors (Lipinski definition) is 6. The van der Waals surface area contributed by atoms with Crippen LogP contribution < -0.4 is 0 Å². The number of benzene rings is 4. The first-order valence-electron chi connectivity index (χ1n) is 18.1. The van der Waals surface area contributed by atoms with E-state index in [1.165, 1.54) is 73.2 Å². The number of aliphatic imine (C=N–C) groups is 1. The van der Waals surface area contributed by atoms with Crippen molar-refractivity contribution in [3.05, 3.63) is 167 Å². The first-order chi connectivity index (χ1) is 31.5. The Kier molecular flexibility index (Phi) is 11.3. The van der Waals surface area contributed by atoms with Gasteiger partial charge in [0.2, 0.25) is 0 Å². The minimum atomic E-state index is -4.21. The molecule has 0 atom stereocenters. The van der Waals surface area contributed by atoms with Gasteiger partial charge in [0.05, 0.1) is 0 Å². The molecule has 0 N–H and O–H groups in total. The molecule has 8 nitrogen and oxygen atoms in total. The van der Waals surface area contributed by atoms with E-state index in [1.54, 1.807) is 0 Å². The predicted octanol–water partition coefficient (Wildman–Crippen LogP) is 13.0. The van der Waals surface area contributed by atoms with Crippen molar-refractivity contribution >= 4 is 119 Å². The molecule has 332 valence electrons. The molecular weight excluding hydrogens is 1350 g/mol. The molecule has 66 heavy (non-hydrogen) atoms. The number of hydrogen-bond donors (Lipinski definition) is 0. The van der Waals surface area contributed by atoms with Crippen molar-refractivity contribution in [1.82, 2.24) is 34.1 Å². The molecule has 1 aliphatic heterocycles. The Balaban J connectivity index is 1.35. The van der Waals surface area contributed by atoms with Gasteiger partial charge < -0.3 is 0 Å². The number of nitrogens with zero attached hydrogens (tertiary/aromatic N) is 8. The fourth-order valence-electron chi connectivity index (χ4n) is 7.16. The SMILES string of the molecule is Fc1c(F)c(I)c(F)c(-n2c(-c3cc(C4=Nc5cccnc5I4c4c(F)c(F)c(I)c(F)c4F)cc(-c4nc5cccnc5n4-c4c(F)c(F)c(I)c(F)c4F)c3)nc3cccnc32)c1F. The zero-order valence-corrected chi connectivity index (χ0v) is 40.2. The first-order valence-corrected chi connectivity index (χ1v) is 24.6. The first kappa shape index (κ1) is 44.8. The van der Waals surface area contributed by atoms with Crippen molar-refractivity contribution in [2.24, 2.45) is 4.99 Å². The van der Waals surface area contributed by atoms with Crippen molar-refractivity contribution in [2.45, 2.75) is 0 Å². The Morgan fingerprint density at radius 3 is 1.38 bits per heavy atom. The van der Waals surface area contributed by atoms with Crippen LogP contribution in [0.25, 0.3) is 56.5 Å². The van der Waals surface area contributed by atoms with Crippen LogP contribution in [0, 0.1) is 87.8 Å². The average molecular weight is 1360 g/mol.